The first kappa shape index (κ1) is 18.6. The van der Waals surface area contributed by atoms with Crippen LogP contribution in [0.15, 0.2) is 47.4 Å². The number of methoxy groups -OCH3 is 1. The highest BCUT2D eigenvalue weighted by Gasteiger charge is 2.22. The first-order chi connectivity index (χ1) is 13.2. The van der Waals surface area contributed by atoms with Gasteiger partial charge in [0, 0.05) is 21.3 Å². The second-order valence-corrected chi connectivity index (χ2v) is 9.24. The molecule has 0 atom stereocenters. The molecule has 2 aliphatic carbocycles. The van der Waals surface area contributed by atoms with Crippen molar-refractivity contribution in [3.63, 3.8) is 0 Å². The van der Waals surface area contributed by atoms with E-state index in [1.807, 2.05) is 18.7 Å². The van der Waals surface area contributed by atoms with Gasteiger partial charge in [-0.25, -0.2) is 4.98 Å². The van der Waals surface area contributed by atoms with Crippen LogP contribution in [0, 0.1) is 12.8 Å². The maximum Gasteiger partial charge on any atom is 0.216 e. The Labute approximate surface area is 167 Å². The van der Waals surface area contributed by atoms with Gasteiger partial charge in [-0.1, -0.05) is 50.0 Å². The Morgan fingerprint density at radius 1 is 1.07 bits per heavy atom. The third kappa shape index (κ3) is 4.76. The van der Waals surface area contributed by atoms with Gasteiger partial charge in [0.25, 0.3) is 0 Å². The lowest BCUT2D eigenvalue weighted by molar-refractivity contribution is 0.394. The lowest BCUT2D eigenvalue weighted by Crippen LogP contribution is -1.99. The SMILES string of the molecule is COc1nc(C(=CCC2CCCC2)c2ccc(SC3CC3)cc2)ccc1C. The normalized spacial score (nSPS) is 18.1. The minimum absolute atomic E-state index is 0.722. The van der Waals surface area contributed by atoms with E-state index in [-0.39, 0.29) is 0 Å². The van der Waals surface area contributed by atoms with Gasteiger partial charge in [-0.2, -0.15) is 0 Å². The van der Waals surface area contributed by atoms with Gasteiger partial charge in [0.15, 0.2) is 0 Å². The average Bonchev–Trinajstić information content (AvgIpc) is 3.35. The second-order valence-electron chi connectivity index (χ2n) is 7.87. The van der Waals surface area contributed by atoms with Crippen molar-refractivity contribution in [1.29, 1.82) is 0 Å². The standard InChI is InChI=1S/C24H29NOS/c1-17-7-16-23(25-24(17)26-2)22(15-8-18-5-3-4-6-18)19-9-11-20(12-10-19)27-21-13-14-21/h7,9-12,15-16,18,21H,3-6,8,13-14H2,1-2H3. The van der Waals surface area contributed by atoms with E-state index >= 15 is 0 Å². The van der Waals surface area contributed by atoms with E-state index in [9.17, 15) is 0 Å². The molecule has 0 unspecified atom stereocenters. The van der Waals surface area contributed by atoms with E-state index < -0.39 is 0 Å². The number of pyridine rings is 1. The zero-order valence-electron chi connectivity index (χ0n) is 16.4. The summed E-state index contributed by atoms with van der Waals surface area (Å²) >= 11 is 2.01. The molecule has 0 aliphatic heterocycles. The zero-order valence-corrected chi connectivity index (χ0v) is 17.2. The van der Waals surface area contributed by atoms with E-state index in [1.54, 1.807) is 7.11 Å². The maximum absolute atomic E-state index is 5.48. The van der Waals surface area contributed by atoms with E-state index in [2.05, 4.69) is 42.5 Å². The molecule has 0 spiro atoms. The minimum atomic E-state index is 0.722. The number of hydrogen-bond donors (Lipinski definition) is 0. The van der Waals surface area contributed by atoms with Gasteiger partial charge in [0.2, 0.25) is 5.88 Å². The van der Waals surface area contributed by atoms with Gasteiger partial charge in [0.05, 0.1) is 12.8 Å². The Kier molecular flexibility index (Phi) is 5.87. The molecule has 2 saturated carbocycles. The quantitative estimate of drug-likeness (QED) is 0.536. The number of hydrogen-bond acceptors (Lipinski definition) is 3. The van der Waals surface area contributed by atoms with Crippen LogP contribution in [0.2, 0.25) is 0 Å². The van der Waals surface area contributed by atoms with Crippen molar-refractivity contribution in [2.45, 2.75) is 62.0 Å². The summed E-state index contributed by atoms with van der Waals surface area (Å²) in [5.74, 6) is 1.55. The number of thioether (sulfide) groups is 1. The molecule has 1 aromatic carbocycles. The van der Waals surface area contributed by atoms with Crippen molar-refractivity contribution in [3.05, 3.63) is 59.3 Å². The molecule has 2 fully saturated rings. The summed E-state index contributed by atoms with van der Waals surface area (Å²) in [6.45, 7) is 2.04. The summed E-state index contributed by atoms with van der Waals surface area (Å²) in [6, 6.07) is 13.3. The lowest BCUT2D eigenvalue weighted by Gasteiger charge is -2.13. The van der Waals surface area contributed by atoms with Crippen molar-refractivity contribution < 1.29 is 4.74 Å². The van der Waals surface area contributed by atoms with Crippen LogP contribution in [0.1, 0.15) is 61.8 Å². The van der Waals surface area contributed by atoms with E-state index in [0.717, 1.165) is 34.7 Å². The van der Waals surface area contributed by atoms with Crippen molar-refractivity contribution in [3.8, 4) is 5.88 Å². The van der Waals surface area contributed by atoms with E-state index in [1.165, 1.54) is 54.6 Å². The first-order valence-electron chi connectivity index (χ1n) is 10.2. The average molecular weight is 380 g/mol. The molecule has 142 valence electrons. The Bertz CT molecular complexity index is 802. The highest BCUT2D eigenvalue weighted by molar-refractivity contribution is 8.00. The molecular weight excluding hydrogens is 350 g/mol. The number of allylic oxidation sites excluding steroid dienone is 1. The summed E-state index contributed by atoms with van der Waals surface area (Å²) in [5.41, 5.74) is 4.58. The van der Waals surface area contributed by atoms with Gasteiger partial charge in [-0.3, -0.25) is 0 Å². The monoisotopic (exact) mass is 379 g/mol. The topological polar surface area (TPSA) is 22.1 Å². The summed E-state index contributed by atoms with van der Waals surface area (Å²) in [4.78, 5) is 6.18. The molecule has 3 heteroatoms. The van der Waals surface area contributed by atoms with Crippen LogP contribution in [0.3, 0.4) is 0 Å². The smallest absolute Gasteiger partial charge is 0.216 e. The van der Waals surface area contributed by atoms with Crippen LogP contribution < -0.4 is 4.74 Å². The summed E-state index contributed by atoms with van der Waals surface area (Å²) in [6.07, 6.45) is 11.8. The minimum Gasteiger partial charge on any atom is -0.481 e. The molecular formula is C24H29NOS. The number of rotatable bonds is 7. The Hall–Kier alpha value is -1.74. The van der Waals surface area contributed by atoms with Crippen LogP contribution >= 0.6 is 11.8 Å². The van der Waals surface area contributed by atoms with Crippen LogP contribution in [0.25, 0.3) is 5.57 Å². The predicted molar refractivity (Wildman–Crippen MR) is 115 cm³/mol. The Balaban J connectivity index is 1.63. The highest BCUT2D eigenvalue weighted by atomic mass is 32.2. The number of aryl methyl sites for hydroxylation is 1. The number of ether oxygens (including phenoxy) is 1. The largest absolute Gasteiger partial charge is 0.481 e. The Morgan fingerprint density at radius 3 is 2.48 bits per heavy atom. The van der Waals surface area contributed by atoms with Crippen LogP contribution in [-0.2, 0) is 0 Å². The van der Waals surface area contributed by atoms with Crippen molar-refractivity contribution in [1.82, 2.24) is 4.98 Å². The predicted octanol–water partition coefficient (Wildman–Crippen LogP) is 6.67. The molecule has 0 radical (unpaired) electrons. The number of benzene rings is 1. The molecule has 27 heavy (non-hydrogen) atoms. The fraction of sp³-hybridized carbons (Fsp3) is 0.458. The number of aromatic nitrogens is 1. The van der Waals surface area contributed by atoms with Crippen molar-refractivity contribution in [2.24, 2.45) is 5.92 Å². The van der Waals surface area contributed by atoms with Gasteiger partial charge < -0.3 is 4.74 Å². The third-order valence-corrected chi connectivity index (χ3v) is 6.99. The molecule has 0 amide bonds. The van der Waals surface area contributed by atoms with E-state index in [4.69, 9.17) is 9.72 Å². The molecule has 0 bridgehead atoms. The van der Waals surface area contributed by atoms with Crippen LogP contribution in [-0.4, -0.2) is 17.3 Å². The van der Waals surface area contributed by atoms with Gasteiger partial charge in [0.1, 0.15) is 0 Å². The molecule has 2 aromatic rings. The third-order valence-electron chi connectivity index (χ3n) is 5.64. The van der Waals surface area contributed by atoms with Crippen molar-refractivity contribution >= 4 is 17.3 Å². The summed E-state index contributed by atoms with van der Waals surface area (Å²) in [7, 11) is 1.70. The molecule has 4 rings (SSSR count). The van der Waals surface area contributed by atoms with Crippen LogP contribution in [0.5, 0.6) is 5.88 Å². The van der Waals surface area contributed by atoms with Gasteiger partial charge >= 0.3 is 0 Å². The van der Waals surface area contributed by atoms with Gasteiger partial charge in [-0.05, 0) is 55.9 Å². The highest BCUT2D eigenvalue weighted by Crippen LogP contribution is 2.39. The summed E-state index contributed by atoms with van der Waals surface area (Å²) in [5, 5.41) is 0.844. The molecule has 2 nitrogen and oxygen atoms in total. The fourth-order valence-electron chi connectivity index (χ4n) is 3.86. The molecule has 0 saturated heterocycles. The second kappa shape index (κ2) is 8.52. The lowest BCUT2D eigenvalue weighted by atomic mass is 9.96. The number of nitrogens with zero attached hydrogens (tertiary/aromatic N) is 1. The summed E-state index contributed by atoms with van der Waals surface area (Å²) < 4.78 is 5.48. The van der Waals surface area contributed by atoms with Crippen LogP contribution in [0.4, 0.5) is 0 Å². The molecule has 2 aliphatic rings. The van der Waals surface area contributed by atoms with Gasteiger partial charge in [-0.15, -0.1) is 11.8 Å². The zero-order chi connectivity index (χ0) is 18.6. The molecule has 1 heterocycles. The maximum atomic E-state index is 5.48. The fourth-order valence-corrected chi connectivity index (χ4v) is 4.91. The van der Waals surface area contributed by atoms with Crippen molar-refractivity contribution in [2.75, 3.05) is 7.11 Å². The molecule has 0 N–H and O–H groups in total. The van der Waals surface area contributed by atoms with E-state index in [0.29, 0.717) is 0 Å². The molecule has 1 aromatic heterocycles. The first-order valence-corrected chi connectivity index (χ1v) is 11.1. The Morgan fingerprint density at radius 2 is 1.81 bits per heavy atom.